The number of hydrogen-bond donors (Lipinski definition) is 1. The van der Waals surface area contributed by atoms with Gasteiger partial charge in [0.05, 0.1) is 15.4 Å². The van der Waals surface area contributed by atoms with E-state index >= 15 is 0 Å². The van der Waals surface area contributed by atoms with E-state index in [-0.39, 0.29) is 0 Å². The average molecular weight is 343 g/mol. The molecule has 0 saturated carbocycles. The first-order chi connectivity index (χ1) is 9.78. The van der Waals surface area contributed by atoms with Gasteiger partial charge in [0.15, 0.2) is 0 Å². The molecular weight excluding hydrogens is 332 g/mol. The zero-order valence-corrected chi connectivity index (χ0v) is 13.0. The van der Waals surface area contributed by atoms with E-state index in [0.29, 0.717) is 5.56 Å². The predicted molar refractivity (Wildman–Crippen MR) is 88.0 cm³/mol. The highest BCUT2D eigenvalue weighted by Crippen LogP contribution is 2.28. The smallest absolute Gasteiger partial charge is 0.0998 e. The number of rotatable bonds is 3. The topological polar surface area (TPSA) is 35.8 Å². The first kappa shape index (κ1) is 13.2. The number of nitriles is 1. The standard InChI is InChI=1S/C16H11BrN2S/c17-16-8-6-12(20-16)10-19-15-7-5-11(9-18)13-3-1-2-4-14(13)15/h1-8,19H,10H2. The number of halogens is 1. The van der Waals surface area contributed by atoms with E-state index in [1.54, 1.807) is 11.3 Å². The third-order valence-corrected chi connectivity index (χ3v) is 4.75. The van der Waals surface area contributed by atoms with Crippen molar-refractivity contribution in [2.75, 3.05) is 5.32 Å². The molecule has 0 bridgehead atoms. The van der Waals surface area contributed by atoms with E-state index < -0.39 is 0 Å². The molecule has 0 radical (unpaired) electrons. The maximum atomic E-state index is 9.16. The van der Waals surface area contributed by atoms with Crippen LogP contribution < -0.4 is 5.32 Å². The van der Waals surface area contributed by atoms with Crippen LogP contribution in [0.5, 0.6) is 0 Å². The highest BCUT2D eigenvalue weighted by molar-refractivity contribution is 9.11. The Hall–Kier alpha value is -1.83. The van der Waals surface area contributed by atoms with Crippen molar-refractivity contribution < 1.29 is 0 Å². The molecular formula is C16H11BrN2S. The van der Waals surface area contributed by atoms with Crippen LogP contribution in [0.25, 0.3) is 10.8 Å². The van der Waals surface area contributed by atoms with Gasteiger partial charge in [-0.15, -0.1) is 11.3 Å². The number of thiophene rings is 1. The summed E-state index contributed by atoms with van der Waals surface area (Å²) in [5.41, 5.74) is 1.77. The summed E-state index contributed by atoms with van der Waals surface area (Å²) < 4.78 is 1.14. The minimum Gasteiger partial charge on any atom is -0.380 e. The fraction of sp³-hybridized carbons (Fsp3) is 0.0625. The molecule has 4 heteroatoms. The van der Waals surface area contributed by atoms with Crippen LogP contribution in [0.3, 0.4) is 0 Å². The summed E-state index contributed by atoms with van der Waals surface area (Å²) in [6.07, 6.45) is 0. The summed E-state index contributed by atoms with van der Waals surface area (Å²) in [6.45, 7) is 0.784. The Morgan fingerprint density at radius 3 is 2.55 bits per heavy atom. The molecule has 98 valence electrons. The van der Waals surface area contributed by atoms with Gasteiger partial charge in [-0.2, -0.15) is 5.26 Å². The van der Waals surface area contributed by atoms with Crippen LogP contribution in [0.15, 0.2) is 52.3 Å². The molecule has 0 spiro atoms. The number of nitrogens with zero attached hydrogens (tertiary/aromatic N) is 1. The summed E-state index contributed by atoms with van der Waals surface area (Å²) in [4.78, 5) is 1.27. The third kappa shape index (κ3) is 2.55. The van der Waals surface area contributed by atoms with Crippen LogP contribution >= 0.6 is 27.3 Å². The average Bonchev–Trinajstić information content (AvgIpc) is 2.90. The van der Waals surface area contributed by atoms with E-state index in [1.165, 1.54) is 4.88 Å². The lowest BCUT2D eigenvalue weighted by molar-refractivity contribution is 1.20. The van der Waals surface area contributed by atoms with Crippen molar-refractivity contribution in [1.29, 1.82) is 5.26 Å². The second-order valence-corrected chi connectivity index (χ2v) is 6.93. The molecule has 2 aromatic carbocycles. The van der Waals surface area contributed by atoms with Gasteiger partial charge in [-0.05, 0) is 40.2 Å². The molecule has 3 aromatic rings. The van der Waals surface area contributed by atoms with E-state index in [1.807, 2.05) is 36.4 Å². The van der Waals surface area contributed by atoms with Gasteiger partial charge in [-0.3, -0.25) is 0 Å². The highest BCUT2D eigenvalue weighted by Gasteiger charge is 2.05. The van der Waals surface area contributed by atoms with Gasteiger partial charge in [0.25, 0.3) is 0 Å². The first-order valence-corrected chi connectivity index (χ1v) is 7.79. The van der Waals surface area contributed by atoms with Gasteiger partial charge in [-0.1, -0.05) is 24.3 Å². The summed E-state index contributed by atoms with van der Waals surface area (Å²) in [5, 5.41) is 14.7. The second kappa shape index (κ2) is 5.66. The normalized spacial score (nSPS) is 10.4. The third-order valence-electron chi connectivity index (χ3n) is 3.13. The van der Waals surface area contributed by atoms with E-state index in [4.69, 9.17) is 5.26 Å². The Labute approximate surface area is 129 Å². The molecule has 0 saturated heterocycles. The summed E-state index contributed by atoms with van der Waals surface area (Å²) in [5.74, 6) is 0. The van der Waals surface area contributed by atoms with Crippen molar-refractivity contribution >= 4 is 43.7 Å². The number of anilines is 1. The van der Waals surface area contributed by atoms with Crippen molar-refractivity contribution in [1.82, 2.24) is 0 Å². The number of hydrogen-bond acceptors (Lipinski definition) is 3. The molecule has 0 aliphatic heterocycles. The van der Waals surface area contributed by atoms with Crippen LogP contribution in [-0.4, -0.2) is 0 Å². The van der Waals surface area contributed by atoms with E-state index in [2.05, 4.69) is 39.4 Å². The quantitative estimate of drug-likeness (QED) is 0.714. The molecule has 0 fully saturated rings. The predicted octanol–water partition coefficient (Wildman–Crippen LogP) is 5.15. The van der Waals surface area contributed by atoms with Gasteiger partial charge in [0.1, 0.15) is 0 Å². The Morgan fingerprint density at radius 1 is 1.05 bits per heavy atom. The Bertz CT molecular complexity index is 802. The largest absolute Gasteiger partial charge is 0.380 e. The van der Waals surface area contributed by atoms with Gasteiger partial charge in [-0.25, -0.2) is 0 Å². The summed E-state index contributed by atoms with van der Waals surface area (Å²) in [6, 6.07) is 18.2. The number of benzene rings is 2. The minimum atomic E-state index is 0.713. The fourth-order valence-electron chi connectivity index (χ4n) is 2.18. The molecule has 2 nitrogen and oxygen atoms in total. The zero-order chi connectivity index (χ0) is 13.9. The molecule has 1 heterocycles. The maximum Gasteiger partial charge on any atom is 0.0998 e. The van der Waals surface area contributed by atoms with Gasteiger partial charge < -0.3 is 5.32 Å². The molecule has 3 rings (SSSR count). The Balaban J connectivity index is 1.94. The molecule has 0 aliphatic rings. The van der Waals surface area contributed by atoms with Gasteiger partial charge >= 0.3 is 0 Å². The second-order valence-electron chi connectivity index (χ2n) is 4.38. The van der Waals surface area contributed by atoms with Crippen LogP contribution in [0, 0.1) is 11.3 Å². The highest BCUT2D eigenvalue weighted by atomic mass is 79.9. The van der Waals surface area contributed by atoms with Crippen molar-refractivity contribution in [2.45, 2.75) is 6.54 Å². The lowest BCUT2D eigenvalue weighted by Gasteiger charge is -2.10. The maximum absolute atomic E-state index is 9.16. The zero-order valence-electron chi connectivity index (χ0n) is 10.6. The molecule has 20 heavy (non-hydrogen) atoms. The molecule has 0 aliphatic carbocycles. The molecule has 0 amide bonds. The van der Waals surface area contributed by atoms with Gasteiger partial charge in [0.2, 0.25) is 0 Å². The van der Waals surface area contributed by atoms with Crippen LogP contribution in [0.4, 0.5) is 5.69 Å². The summed E-state index contributed by atoms with van der Waals surface area (Å²) >= 11 is 5.19. The molecule has 0 atom stereocenters. The van der Waals surface area contributed by atoms with Crippen LogP contribution in [0.1, 0.15) is 10.4 Å². The Morgan fingerprint density at radius 2 is 1.85 bits per heavy atom. The fourth-order valence-corrected chi connectivity index (χ4v) is 3.60. The molecule has 0 unspecified atom stereocenters. The van der Waals surface area contributed by atoms with Crippen LogP contribution in [0.2, 0.25) is 0 Å². The van der Waals surface area contributed by atoms with E-state index in [0.717, 1.165) is 26.8 Å². The lowest BCUT2D eigenvalue weighted by atomic mass is 10.0. The first-order valence-electron chi connectivity index (χ1n) is 6.18. The number of nitrogens with one attached hydrogen (secondary N) is 1. The van der Waals surface area contributed by atoms with Crippen LogP contribution in [-0.2, 0) is 6.54 Å². The SMILES string of the molecule is N#Cc1ccc(NCc2ccc(Br)s2)c2ccccc12. The molecule has 1 N–H and O–H groups in total. The summed E-state index contributed by atoms with van der Waals surface area (Å²) in [7, 11) is 0. The van der Waals surface area contributed by atoms with Gasteiger partial charge in [0, 0.05) is 27.9 Å². The van der Waals surface area contributed by atoms with Crippen molar-refractivity contribution in [3.63, 3.8) is 0 Å². The number of fused-ring (bicyclic) bond motifs is 1. The van der Waals surface area contributed by atoms with E-state index in [9.17, 15) is 0 Å². The monoisotopic (exact) mass is 342 g/mol. The minimum absolute atomic E-state index is 0.713. The molecule has 1 aromatic heterocycles. The lowest BCUT2D eigenvalue weighted by Crippen LogP contribution is -1.98. The Kier molecular flexibility index (Phi) is 3.72. The van der Waals surface area contributed by atoms with Crippen molar-refractivity contribution in [3.8, 4) is 6.07 Å². The van der Waals surface area contributed by atoms with Crippen molar-refractivity contribution in [3.05, 3.63) is 62.8 Å². The van der Waals surface area contributed by atoms with Crippen molar-refractivity contribution in [2.24, 2.45) is 0 Å².